The van der Waals surface area contributed by atoms with Gasteiger partial charge in [0.2, 0.25) is 5.91 Å². The Balaban J connectivity index is 1.64. The standard InChI is InChI=1S/C16H24F3N5O2/c1-22-13(11-23-5-7-26-8-6-23)20-21-15(22)12-3-2-4-24(10-12)14(25)9-16(17,18)19/h12H,2-11H2,1H3/t12-/m1/s1. The highest BCUT2D eigenvalue weighted by atomic mass is 19.4. The van der Waals surface area contributed by atoms with E-state index in [0.717, 1.165) is 31.2 Å². The first-order valence-corrected chi connectivity index (χ1v) is 8.86. The Morgan fingerprint density at radius 3 is 2.65 bits per heavy atom. The number of halogens is 3. The van der Waals surface area contributed by atoms with Crippen molar-refractivity contribution >= 4 is 5.91 Å². The van der Waals surface area contributed by atoms with Gasteiger partial charge in [-0.05, 0) is 12.8 Å². The predicted molar refractivity (Wildman–Crippen MR) is 86.3 cm³/mol. The second-order valence-electron chi connectivity index (χ2n) is 6.89. The first-order chi connectivity index (χ1) is 12.3. The fourth-order valence-electron chi connectivity index (χ4n) is 3.53. The summed E-state index contributed by atoms with van der Waals surface area (Å²) in [7, 11) is 1.88. The molecule has 2 saturated heterocycles. The predicted octanol–water partition coefficient (Wildman–Crippen LogP) is 1.31. The smallest absolute Gasteiger partial charge is 0.379 e. The lowest BCUT2D eigenvalue weighted by atomic mass is 9.97. The molecule has 1 amide bonds. The molecular formula is C16H24F3N5O2. The maximum atomic E-state index is 12.5. The number of hydrogen-bond donors (Lipinski definition) is 0. The van der Waals surface area contributed by atoms with E-state index in [1.807, 2.05) is 11.6 Å². The highest BCUT2D eigenvalue weighted by Gasteiger charge is 2.36. The number of nitrogens with zero attached hydrogens (tertiary/aromatic N) is 5. The van der Waals surface area contributed by atoms with Gasteiger partial charge in [0, 0.05) is 39.1 Å². The lowest BCUT2D eigenvalue weighted by Crippen LogP contribution is -2.41. The zero-order chi connectivity index (χ0) is 18.7. The fraction of sp³-hybridized carbons (Fsp3) is 0.812. The van der Waals surface area contributed by atoms with Crippen molar-refractivity contribution in [2.24, 2.45) is 7.05 Å². The second-order valence-corrected chi connectivity index (χ2v) is 6.89. The van der Waals surface area contributed by atoms with Gasteiger partial charge in [0.15, 0.2) is 0 Å². The van der Waals surface area contributed by atoms with E-state index in [4.69, 9.17) is 4.74 Å². The van der Waals surface area contributed by atoms with Crippen LogP contribution in [0.4, 0.5) is 13.2 Å². The molecule has 0 spiro atoms. The first-order valence-electron chi connectivity index (χ1n) is 8.86. The molecule has 0 aromatic carbocycles. The summed E-state index contributed by atoms with van der Waals surface area (Å²) in [5, 5.41) is 8.53. The highest BCUT2D eigenvalue weighted by molar-refractivity contribution is 5.77. The Hall–Kier alpha value is -1.68. The number of piperidine rings is 1. The average Bonchev–Trinajstić information content (AvgIpc) is 2.95. The van der Waals surface area contributed by atoms with Crippen LogP contribution in [0.15, 0.2) is 0 Å². The van der Waals surface area contributed by atoms with Gasteiger partial charge in [-0.3, -0.25) is 9.69 Å². The molecule has 1 atom stereocenters. The topological polar surface area (TPSA) is 63.5 Å². The third-order valence-corrected chi connectivity index (χ3v) is 4.96. The van der Waals surface area contributed by atoms with Crippen LogP contribution in [-0.4, -0.2) is 76.0 Å². The number of carbonyl (C=O) groups is 1. The summed E-state index contributed by atoms with van der Waals surface area (Å²) in [4.78, 5) is 15.4. The number of alkyl halides is 3. The third kappa shape index (κ3) is 4.73. The van der Waals surface area contributed by atoms with Gasteiger partial charge < -0.3 is 14.2 Å². The highest BCUT2D eigenvalue weighted by Crippen LogP contribution is 2.28. The Kier molecular flexibility index (Phi) is 5.81. The molecule has 0 N–H and O–H groups in total. The molecule has 2 aliphatic heterocycles. The van der Waals surface area contributed by atoms with Crippen LogP contribution < -0.4 is 0 Å². The van der Waals surface area contributed by atoms with Gasteiger partial charge in [-0.2, -0.15) is 13.2 Å². The molecular weight excluding hydrogens is 351 g/mol. The number of rotatable bonds is 4. The monoisotopic (exact) mass is 375 g/mol. The Morgan fingerprint density at radius 1 is 1.23 bits per heavy atom. The lowest BCUT2D eigenvalue weighted by molar-refractivity contribution is -0.162. The molecule has 26 heavy (non-hydrogen) atoms. The third-order valence-electron chi connectivity index (χ3n) is 4.96. The summed E-state index contributed by atoms with van der Waals surface area (Å²) in [6.45, 7) is 4.36. The zero-order valence-electron chi connectivity index (χ0n) is 14.8. The maximum Gasteiger partial charge on any atom is 0.397 e. The molecule has 7 nitrogen and oxygen atoms in total. The van der Waals surface area contributed by atoms with Crippen LogP contribution >= 0.6 is 0 Å². The van der Waals surface area contributed by atoms with Gasteiger partial charge in [-0.25, -0.2) is 0 Å². The number of hydrogen-bond acceptors (Lipinski definition) is 5. The molecule has 1 aromatic rings. The molecule has 3 heterocycles. The van der Waals surface area contributed by atoms with Crippen LogP contribution in [0.5, 0.6) is 0 Å². The van der Waals surface area contributed by atoms with Crippen LogP contribution in [0.1, 0.15) is 36.8 Å². The molecule has 3 rings (SSSR count). The lowest BCUT2D eigenvalue weighted by Gasteiger charge is -2.32. The quantitative estimate of drug-likeness (QED) is 0.794. The molecule has 0 bridgehead atoms. The normalized spacial score (nSPS) is 22.6. The van der Waals surface area contributed by atoms with Crippen LogP contribution in [0.2, 0.25) is 0 Å². The minimum atomic E-state index is -4.47. The largest absolute Gasteiger partial charge is 0.397 e. The summed E-state index contributed by atoms with van der Waals surface area (Å²) >= 11 is 0. The summed E-state index contributed by atoms with van der Waals surface area (Å²) in [5.74, 6) is 0.605. The van der Waals surface area contributed by atoms with Crippen molar-refractivity contribution in [2.75, 3.05) is 39.4 Å². The van der Waals surface area contributed by atoms with Crippen molar-refractivity contribution < 1.29 is 22.7 Å². The van der Waals surface area contributed by atoms with Crippen molar-refractivity contribution in [1.29, 1.82) is 0 Å². The zero-order valence-corrected chi connectivity index (χ0v) is 14.8. The Bertz CT molecular complexity index is 628. The van der Waals surface area contributed by atoms with E-state index in [1.54, 1.807) is 0 Å². The van der Waals surface area contributed by atoms with Gasteiger partial charge in [-0.15, -0.1) is 10.2 Å². The van der Waals surface area contributed by atoms with Crippen molar-refractivity contribution in [2.45, 2.75) is 37.9 Å². The summed E-state index contributed by atoms with van der Waals surface area (Å²) < 4.78 is 44.7. The van der Waals surface area contributed by atoms with E-state index in [1.165, 1.54) is 4.90 Å². The fourth-order valence-corrected chi connectivity index (χ4v) is 3.53. The SMILES string of the molecule is Cn1c(CN2CCOCC2)nnc1[C@@H]1CCCN(C(=O)CC(F)(F)F)C1. The minimum absolute atomic E-state index is 0.0862. The molecule has 0 radical (unpaired) electrons. The van der Waals surface area contributed by atoms with Gasteiger partial charge in [0.05, 0.1) is 19.8 Å². The van der Waals surface area contributed by atoms with Crippen LogP contribution in [0.25, 0.3) is 0 Å². The van der Waals surface area contributed by atoms with E-state index in [2.05, 4.69) is 15.1 Å². The van der Waals surface area contributed by atoms with Gasteiger partial charge >= 0.3 is 6.18 Å². The second kappa shape index (κ2) is 7.91. The van der Waals surface area contributed by atoms with Crippen molar-refractivity contribution in [1.82, 2.24) is 24.6 Å². The van der Waals surface area contributed by atoms with Crippen LogP contribution in [0, 0.1) is 0 Å². The van der Waals surface area contributed by atoms with Crippen LogP contribution in [0.3, 0.4) is 0 Å². The van der Waals surface area contributed by atoms with E-state index in [9.17, 15) is 18.0 Å². The first kappa shape index (κ1) is 19.1. The number of aromatic nitrogens is 3. The number of amides is 1. The van der Waals surface area contributed by atoms with Gasteiger partial charge in [-0.1, -0.05) is 0 Å². The van der Waals surface area contributed by atoms with Crippen molar-refractivity contribution in [3.05, 3.63) is 11.6 Å². The molecule has 1 aromatic heterocycles. The minimum Gasteiger partial charge on any atom is -0.379 e. The van der Waals surface area contributed by atoms with E-state index >= 15 is 0 Å². The van der Waals surface area contributed by atoms with Gasteiger partial charge in [0.25, 0.3) is 0 Å². The molecule has 146 valence electrons. The number of ether oxygens (including phenoxy) is 1. The molecule has 0 saturated carbocycles. The Morgan fingerprint density at radius 2 is 1.96 bits per heavy atom. The molecule has 2 aliphatic rings. The molecule has 2 fully saturated rings. The average molecular weight is 375 g/mol. The van der Waals surface area contributed by atoms with E-state index in [0.29, 0.717) is 32.7 Å². The van der Waals surface area contributed by atoms with Gasteiger partial charge in [0.1, 0.15) is 18.1 Å². The number of carbonyl (C=O) groups excluding carboxylic acids is 1. The van der Waals surface area contributed by atoms with E-state index < -0.39 is 18.5 Å². The van der Waals surface area contributed by atoms with Crippen molar-refractivity contribution in [3.63, 3.8) is 0 Å². The Labute approximate surface area is 150 Å². The summed E-state index contributed by atoms with van der Waals surface area (Å²) in [6, 6.07) is 0. The summed E-state index contributed by atoms with van der Waals surface area (Å²) in [5.41, 5.74) is 0. The van der Waals surface area contributed by atoms with Crippen LogP contribution in [-0.2, 0) is 23.1 Å². The molecule has 10 heteroatoms. The van der Waals surface area contributed by atoms with Crippen molar-refractivity contribution in [3.8, 4) is 0 Å². The number of likely N-dealkylation sites (tertiary alicyclic amines) is 1. The summed E-state index contributed by atoms with van der Waals surface area (Å²) in [6.07, 6.45) is -4.42. The molecule has 0 unspecified atom stereocenters. The molecule has 0 aliphatic carbocycles. The van der Waals surface area contributed by atoms with E-state index in [-0.39, 0.29) is 12.5 Å². The number of morpholine rings is 1. The maximum absolute atomic E-state index is 12.5.